The number of nitrogens with zero attached hydrogens (tertiary/aromatic N) is 1. The smallest absolute Gasteiger partial charge is 0.0988 e. The molecule has 12 heavy (non-hydrogen) atoms. The standard InChI is InChI=1S/C10H15NO/c1-8-4-5-10(12)9(6-8)7-11(2)3/h4-7,10,12H,1-3H3. The summed E-state index contributed by atoms with van der Waals surface area (Å²) in [5.74, 6) is 0. The van der Waals surface area contributed by atoms with Crippen molar-refractivity contribution in [2.75, 3.05) is 14.1 Å². The number of aliphatic hydroxyl groups excluding tert-OH is 1. The van der Waals surface area contributed by atoms with E-state index in [-0.39, 0.29) is 0 Å². The number of hydrogen-bond donors (Lipinski definition) is 1. The lowest BCUT2D eigenvalue weighted by Crippen LogP contribution is -2.12. The molecule has 0 bridgehead atoms. The number of hydrogen-bond acceptors (Lipinski definition) is 2. The van der Waals surface area contributed by atoms with Crippen molar-refractivity contribution in [1.29, 1.82) is 0 Å². The Balaban J connectivity index is 2.84. The predicted octanol–water partition coefficient (Wildman–Crippen LogP) is 1.31. The first-order valence-electron chi connectivity index (χ1n) is 4.02. The molecule has 1 aliphatic carbocycles. The van der Waals surface area contributed by atoms with Crippen LogP contribution in [-0.2, 0) is 0 Å². The predicted molar refractivity (Wildman–Crippen MR) is 50.7 cm³/mol. The van der Waals surface area contributed by atoms with Gasteiger partial charge in [-0.05, 0) is 6.92 Å². The molecular formula is C10H15NO. The highest BCUT2D eigenvalue weighted by atomic mass is 16.3. The maximum atomic E-state index is 9.51. The first-order chi connectivity index (χ1) is 5.59. The zero-order valence-corrected chi connectivity index (χ0v) is 7.78. The fourth-order valence-electron chi connectivity index (χ4n) is 1.16. The van der Waals surface area contributed by atoms with E-state index in [0.29, 0.717) is 0 Å². The lowest BCUT2D eigenvalue weighted by molar-refractivity contribution is 0.259. The molecule has 0 radical (unpaired) electrons. The van der Waals surface area contributed by atoms with Crippen LogP contribution < -0.4 is 0 Å². The van der Waals surface area contributed by atoms with E-state index >= 15 is 0 Å². The summed E-state index contributed by atoms with van der Waals surface area (Å²) in [7, 11) is 3.89. The molecule has 2 heteroatoms. The van der Waals surface area contributed by atoms with Gasteiger partial charge in [0.05, 0.1) is 6.10 Å². The Labute approximate surface area is 73.5 Å². The summed E-state index contributed by atoms with van der Waals surface area (Å²) < 4.78 is 0. The van der Waals surface area contributed by atoms with E-state index < -0.39 is 6.10 Å². The Morgan fingerprint density at radius 2 is 2.17 bits per heavy atom. The summed E-state index contributed by atoms with van der Waals surface area (Å²) >= 11 is 0. The van der Waals surface area contributed by atoms with Crippen molar-refractivity contribution in [3.05, 3.63) is 35.6 Å². The Morgan fingerprint density at radius 3 is 2.75 bits per heavy atom. The van der Waals surface area contributed by atoms with Crippen LogP contribution in [0.4, 0.5) is 0 Å². The van der Waals surface area contributed by atoms with Gasteiger partial charge in [0.1, 0.15) is 0 Å². The Bertz CT molecular complexity index is 249. The highest BCUT2D eigenvalue weighted by molar-refractivity contribution is 5.38. The van der Waals surface area contributed by atoms with Crippen LogP contribution >= 0.6 is 0 Å². The lowest BCUT2D eigenvalue weighted by Gasteiger charge is -2.15. The molecule has 0 aromatic carbocycles. The van der Waals surface area contributed by atoms with Gasteiger partial charge >= 0.3 is 0 Å². The Morgan fingerprint density at radius 1 is 1.50 bits per heavy atom. The van der Waals surface area contributed by atoms with Crippen LogP contribution in [0.3, 0.4) is 0 Å². The summed E-state index contributed by atoms with van der Waals surface area (Å²) in [5, 5.41) is 9.51. The minimum atomic E-state index is -0.448. The molecule has 2 nitrogen and oxygen atoms in total. The van der Waals surface area contributed by atoms with Gasteiger partial charge in [-0.1, -0.05) is 23.8 Å². The van der Waals surface area contributed by atoms with Crippen molar-refractivity contribution in [2.24, 2.45) is 0 Å². The maximum absolute atomic E-state index is 9.51. The van der Waals surface area contributed by atoms with E-state index in [9.17, 15) is 5.11 Å². The first-order valence-corrected chi connectivity index (χ1v) is 4.02. The molecule has 1 unspecified atom stereocenters. The van der Waals surface area contributed by atoms with Gasteiger partial charge in [0.15, 0.2) is 0 Å². The second kappa shape index (κ2) is 3.59. The summed E-state index contributed by atoms with van der Waals surface area (Å²) in [5.41, 5.74) is 2.12. The minimum absolute atomic E-state index is 0.448. The first kappa shape index (κ1) is 9.07. The average molecular weight is 165 g/mol. The van der Waals surface area contributed by atoms with Crippen molar-refractivity contribution < 1.29 is 5.11 Å². The van der Waals surface area contributed by atoms with Gasteiger partial charge in [0.25, 0.3) is 0 Å². The molecular weight excluding hydrogens is 150 g/mol. The third-order valence-electron chi connectivity index (χ3n) is 1.68. The van der Waals surface area contributed by atoms with Crippen LogP contribution in [0.15, 0.2) is 35.6 Å². The van der Waals surface area contributed by atoms with Crippen LogP contribution in [0.2, 0.25) is 0 Å². The van der Waals surface area contributed by atoms with Crippen LogP contribution in [-0.4, -0.2) is 30.2 Å². The molecule has 0 aromatic heterocycles. The summed E-state index contributed by atoms with van der Waals surface area (Å²) in [4.78, 5) is 1.93. The quantitative estimate of drug-likeness (QED) is 0.633. The molecule has 1 atom stereocenters. The minimum Gasteiger partial charge on any atom is -0.384 e. The van der Waals surface area contributed by atoms with Gasteiger partial charge in [-0.3, -0.25) is 0 Å². The van der Waals surface area contributed by atoms with Crippen molar-refractivity contribution >= 4 is 0 Å². The molecule has 66 valence electrons. The van der Waals surface area contributed by atoms with Gasteiger partial charge in [-0.2, -0.15) is 0 Å². The number of rotatable bonds is 1. The molecule has 0 saturated carbocycles. The van der Waals surface area contributed by atoms with Crippen molar-refractivity contribution in [2.45, 2.75) is 13.0 Å². The molecule has 1 rings (SSSR count). The zero-order valence-electron chi connectivity index (χ0n) is 7.78. The summed E-state index contributed by atoms with van der Waals surface area (Å²) in [6.07, 6.45) is 7.20. The maximum Gasteiger partial charge on any atom is 0.0988 e. The molecule has 0 aromatic rings. The Hall–Kier alpha value is -1.02. The van der Waals surface area contributed by atoms with Gasteiger partial charge in [0.2, 0.25) is 0 Å². The van der Waals surface area contributed by atoms with Crippen molar-refractivity contribution in [3.8, 4) is 0 Å². The van der Waals surface area contributed by atoms with Crippen LogP contribution in [0.1, 0.15) is 6.92 Å². The molecule has 1 aliphatic rings. The normalized spacial score (nSPS) is 25.8. The Kier molecular flexibility index (Phi) is 2.71. The highest BCUT2D eigenvalue weighted by Crippen LogP contribution is 2.15. The number of allylic oxidation sites excluding steroid dienone is 2. The van der Waals surface area contributed by atoms with E-state index in [1.165, 1.54) is 5.57 Å². The lowest BCUT2D eigenvalue weighted by atomic mass is 10.0. The molecule has 0 spiro atoms. The van der Waals surface area contributed by atoms with Crippen LogP contribution in [0.25, 0.3) is 0 Å². The van der Waals surface area contributed by atoms with Gasteiger partial charge in [0, 0.05) is 25.9 Å². The van der Waals surface area contributed by atoms with Crippen LogP contribution in [0.5, 0.6) is 0 Å². The second-order valence-corrected chi connectivity index (χ2v) is 3.29. The van der Waals surface area contributed by atoms with E-state index in [1.807, 2.05) is 44.3 Å². The highest BCUT2D eigenvalue weighted by Gasteiger charge is 2.08. The van der Waals surface area contributed by atoms with E-state index in [2.05, 4.69) is 0 Å². The fourth-order valence-corrected chi connectivity index (χ4v) is 1.16. The topological polar surface area (TPSA) is 23.5 Å². The monoisotopic (exact) mass is 165 g/mol. The fraction of sp³-hybridized carbons (Fsp3) is 0.400. The molecule has 0 aliphatic heterocycles. The number of aliphatic hydroxyl groups is 1. The molecule has 0 amide bonds. The zero-order chi connectivity index (χ0) is 9.14. The van der Waals surface area contributed by atoms with Crippen molar-refractivity contribution in [1.82, 2.24) is 4.90 Å². The molecule has 0 heterocycles. The van der Waals surface area contributed by atoms with E-state index in [1.54, 1.807) is 6.08 Å². The summed E-state index contributed by atoms with van der Waals surface area (Å²) in [6.45, 7) is 2.02. The van der Waals surface area contributed by atoms with Gasteiger partial charge < -0.3 is 10.0 Å². The van der Waals surface area contributed by atoms with E-state index in [4.69, 9.17) is 0 Å². The van der Waals surface area contributed by atoms with E-state index in [0.717, 1.165) is 5.57 Å². The SMILES string of the molecule is CC1=CC(=CN(C)C)C(O)C=C1. The molecule has 0 fully saturated rings. The third kappa shape index (κ3) is 2.24. The largest absolute Gasteiger partial charge is 0.384 e. The van der Waals surface area contributed by atoms with Crippen LogP contribution in [0, 0.1) is 0 Å². The second-order valence-electron chi connectivity index (χ2n) is 3.29. The summed E-state index contributed by atoms with van der Waals surface area (Å²) in [6, 6.07) is 0. The van der Waals surface area contributed by atoms with Crippen molar-refractivity contribution in [3.63, 3.8) is 0 Å². The van der Waals surface area contributed by atoms with Gasteiger partial charge in [-0.15, -0.1) is 0 Å². The average Bonchev–Trinajstić information content (AvgIpc) is 1.96. The van der Waals surface area contributed by atoms with Gasteiger partial charge in [-0.25, -0.2) is 0 Å². The molecule has 1 N–H and O–H groups in total. The third-order valence-corrected chi connectivity index (χ3v) is 1.68. The molecule has 0 saturated heterocycles.